The summed E-state index contributed by atoms with van der Waals surface area (Å²) in [5.41, 5.74) is 0.910. The second-order valence-corrected chi connectivity index (χ2v) is 3.47. The number of carbonyl (C=O) groups is 2. The van der Waals surface area contributed by atoms with E-state index in [9.17, 15) is 9.59 Å². The van der Waals surface area contributed by atoms with Crippen LogP contribution in [0.15, 0.2) is 24.5 Å². The molecule has 3 N–H and O–H groups in total. The van der Waals surface area contributed by atoms with Crippen molar-refractivity contribution >= 4 is 12.0 Å². The third kappa shape index (κ3) is 6.14. The zero-order chi connectivity index (χ0) is 12.5. The molecule has 0 fully saturated rings. The molecule has 0 aliphatic rings. The van der Waals surface area contributed by atoms with Crippen molar-refractivity contribution in [1.29, 1.82) is 0 Å². The van der Waals surface area contributed by atoms with E-state index in [1.54, 1.807) is 18.5 Å². The molecular weight excluding hydrogens is 222 g/mol. The van der Waals surface area contributed by atoms with Crippen LogP contribution >= 0.6 is 0 Å². The van der Waals surface area contributed by atoms with Gasteiger partial charge in [-0.25, -0.2) is 4.79 Å². The van der Waals surface area contributed by atoms with Gasteiger partial charge >= 0.3 is 12.0 Å². The average molecular weight is 237 g/mol. The number of carbonyl (C=O) groups excluding carboxylic acids is 1. The molecule has 1 heterocycles. The Hall–Kier alpha value is -2.11. The smallest absolute Gasteiger partial charge is 0.315 e. The molecule has 92 valence electrons. The minimum absolute atomic E-state index is 0.0584. The molecule has 0 saturated carbocycles. The van der Waals surface area contributed by atoms with Crippen LogP contribution in [0.1, 0.15) is 18.4 Å². The number of pyridine rings is 1. The van der Waals surface area contributed by atoms with Crippen molar-refractivity contribution < 1.29 is 14.7 Å². The van der Waals surface area contributed by atoms with Crippen molar-refractivity contribution in [1.82, 2.24) is 15.6 Å². The van der Waals surface area contributed by atoms with Gasteiger partial charge in [-0.05, 0) is 18.1 Å². The SMILES string of the molecule is O=C(O)CCCNC(=O)NCc1cccnc1. The van der Waals surface area contributed by atoms with Crippen LogP contribution in [0.3, 0.4) is 0 Å². The first-order chi connectivity index (χ1) is 8.18. The van der Waals surface area contributed by atoms with Gasteiger partial charge in [0.2, 0.25) is 0 Å². The molecule has 1 aromatic heterocycles. The summed E-state index contributed by atoms with van der Waals surface area (Å²) in [6.07, 6.45) is 3.82. The Morgan fingerprint density at radius 2 is 2.18 bits per heavy atom. The molecule has 0 unspecified atom stereocenters. The lowest BCUT2D eigenvalue weighted by Gasteiger charge is -2.06. The maximum atomic E-state index is 11.3. The Labute approximate surface area is 99.1 Å². The molecule has 0 spiro atoms. The summed E-state index contributed by atoms with van der Waals surface area (Å²) >= 11 is 0. The number of rotatable bonds is 6. The van der Waals surface area contributed by atoms with Crippen LogP contribution in [0.2, 0.25) is 0 Å². The maximum Gasteiger partial charge on any atom is 0.315 e. The number of nitrogens with one attached hydrogen (secondary N) is 2. The Kier molecular flexibility index (Phi) is 5.50. The van der Waals surface area contributed by atoms with E-state index in [0.717, 1.165) is 5.56 Å². The molecule has 1 aromatic rings. The molecule has 0 radical (unpaired) electrons. The molecule has 0 aliphatic carbocycles. The molecule has 0 atom stereocenters. The first-order valence-corrected chi connectivity index (χ1v) is 5.31. The number of nitrogens with zero attached hydrogens (tertiary/aromatic N) is 1. The van der Waals surface area contributed by atoms with Crippen LogP contribution in [0.25, 0.3) is 0 Å². The molecular formula is C11H15N3O3. The van der Waals surface area contributed by atoms with Gasteiger partial charge < -0.3 is 15.7 Å². The number of aromatic nitrogens is 1. The highest BCUT2D eigenvalue weighted by molar-refractivity contribution is 5.73. The zero-order valence-electron chi connectivity index (χ0n) is 9.35. The van der Waals surface area contributed by atoms with Crippen LogP contribution in [-0.2, 0) is 11.3 Å². The molecule has 0 aromatic carbocycles. The minimum Gasteiger partial charge on any atom is -0.481 e. The Morgan fingerprint density at radius 3 is 2.82 bits per heavy atom. The fourth-order valence-electron chi connectivity index (χ4n) is 1.19. The highest BCUT2D eigenvalue weighted by atomic mass is 16.4. The van der Waals surface area contributed by atoms with Gasteiger partial charge in [0, 0.05) is 31.9 Å². The number of carboxylic acid groups (broad SMARTS) is 1. The van der Waals surface area contributed by atoms with Gasteiger partial charge in [0.25, 0.3) is 0 Å². The summed E-state index contributed by atoms with van der Waals surface area (Å²) in [4.78, 5) is 25.4. The normalized spacial score (nSPS) is 9.65. The maximum absolute atomic E-state index is 11.3. The lowest BCUT2D eigenvalue weighted by Crippen LogP contribution is -2.35. The van der Waals surface area contributed by atoms with E-state index < -0.39 is 5.97 Å². The van der Waals surface area contributed by atoms with Crippen LogP contribution < -0.4 is 10.6 Å². The first-order valence-electron chi connectivity index (χ1n) is 5.31. The Bertz CT molecular complexity index is 367. The van der Waals surface area contributed by atoms with Crippen LogP contribution in [0.4, 0.5) is 4.79 Å². The van der Waals surface area contributed by atoms with E-state index in [1.165, 1.54) is 0 Å². The summed E-state index contributed by atoms with van der Waals surface area (Å²) in [6, 6.07) is 3.35. The van der Waals surface area contributed by atoms with Crippen molar-refractivity contribution in [3.63, 3.8) is 0 Å². The van der Waals surface area contributed by atoms with E-state index in [-0.39, 0.29) is 12.5 Å². The lowest BCUT2D eigenvalue weighted by molar-refractivity contribution is -0.137. The van der Waals surface area contributed by atoms with Crippen molar-refractivity contribution in [2.75, 3.05) is 6.54 Å². The molecule has 6 nitrogen and oxygen atoms in total. The van der Waals surface area contributed by atoms with Crippen molar-refractivity contribution in [3.05, 3.63) is 30.1 Å². The zero-order valence-corrected chi connectivity index (χ0v) is 9.35. The average Bonchev–Trinajstić information content (AvgIpc) is 2.33. The van der Waals surface area contributed by atoms with Gasteiger partial charge in [0.05, 0.1) is 0 Å². The van der Waals surface area contributed by atoms with Crippen molar-refractivity contribution in [2.24, 2.45) is 0 Å². The summed E-state index contributed by atoms with van der Waals surface area (Å²) in [5.74, 6) is -0.859. The highest BCUT2D eigenvalue weighted by Gasteiger charge is 2.01. The molecule has 17 heavy (non-hydrogen) atoms. The number of hydrogen-bond acceptors (Lipinski definition) is 3. The standard InChI is InChI=1S/C11H15N3O3/c15-10(16)4-2-6-13-11(17)14-8-9-3-1-5-12-7-9/h1,3,5,7H,2,4,6,8H2,(H,15,16)(H2,13,14,17). The van der Waals surface area contributed by atoms with Gasteiger partial charge in [0.1, 0.15) is 0 Å². The van der Waals surface area contributed by atoms with Gasteiger partial charge in [-0.2, -0.15) is 0 Å². The summed E-state index contributed by atoms with van der Waals surface area (Å²) in [5, 5.41) is 13.6. The quantitative estimate of drug-likeness (QED) is 0.636. The second-order valence-electron chi connectivity index (χ2n) is 3.47. The predicted octanol–water partition coefficient (Wildman–Crippen LogP) is 0.746. The third-order valence-corrected chi connectivity index (χ3v) is 2.03. The van der Waals surface area contributed by atoms with Crippen LogP contribution in [0, 0.1) is 0 Å². The molecule has 0 aliphatic heterocycles. The fourth-order valence-corrected chi connectivity index (χ4v) is 1.19. The monoisotopic (exact) mass is 237 g/mol. The van der Waals surface area contributed by atoms with E-state index in [1.807, 2.05) is 6.07 Å². The first kappa shape index (κ1) is 13.0. The summed E-state index contributed by atoms with van der Waals surface area (Å²) < 4.78 is 0. The van der Waals surface area contributed by atoms with Gasteiger partial charge in [0.15, 0.2) is 0 Å². The largest absolute Gasteiger partial charge is 0.481 e. The van der Waals surface area contributed by atoms with E-state index >= 15 is 0 Å². The third-order valence-electron chi connectivity index (χ3n) is 2.03. The van der Waals surface area contributed by atoms with Crippen molar-refractivity contribution in [2.45, 2.75) is 19.4 Å². The molecule has 6 heteroatoms. The summed E-state index contributed by atoms with van der Waals surface area (Å²) in [7, 11) is 0. The van der Waals surface area contributed by atoms with Gasteiger partial charge in [-0.15, -0.1) is 0 Å². The van der Waals surface area contributed by atoms with E-state index in [0.29, 0.717) is 19.5 Å². The fraction of sp³-hybridized carbons (Fsp3) is 0.364. The number of hydrogen-bond donors (Lipinski definition) is 3. The van der Waals surface area contributed by atoms with Crippen LogP contribution in [-0.4, -0.2) is 28.6 Å². The molecule has 0 saturated heterocycles. The van der Waals surface area contributed by atoms with Gasteiger partial charge in [-0.1, -0.05) is 6.07 Å². The molecule has 0 bridgehead atoms. The minimum atomic E-state index is -0.859. The van der Waals surface area contributed by atoms with E-state index in [2.05, 4.69) is 15.6 Å². The lowest BCUT2D eigenvalue weighted by atomic mass is 10.3. The summed E-state index contributed by atoms with van der Waals surface area (Å²) in [6.45, 7) is 0.754. The molecule has 1 rings (SSSR count). The Morgan fingerprint density at radius 1 is 1.35 bits per heavy atom. The molecule has 2 amide bonds. The number of amides is 2. The Balaban J connectivity index is 2.11. The van der Waals surface area contributed by atoms with Crippen LogP contribution in [0.5, 0.6) is 0 Å². The number of urea groups is 1. The second kappa shape index (κ2) is 7.21. The van der Waals surface area contributed by atoms with E-state index in [4.69, 9.17) is 5.11 Å². The predicted molar refractivity (Wildman–Crippen MR) is 61.3 cm³/mol. The van der Waals surface area contributed by atoms with Crippen molar-refractivity contribution in [3.8, 4) is 0 Å². The topological polar surface area (TPSA) is 91.3 Å². The van der Waals surface area contributed by atoms with Gasteiger partial charge in [-0.3, -0.25) is 9.78 Å². The highest BCUT2D eigenvalue weighted by Crippen LogP contribution is 1.93. The number of aliphatic carboxylic acids is 1. The number of carboxylic acids is 1.